The second kappa shape index (κ2) is 7.28. The van der Waals surface area contributed by atoms with Gasteiger partial charge in [0.2, 0.25) is 5.91 Å². The molecule has 1 rings (SSSR count). The van der Waals surface area contributed by atoms with Gasteiger partial charge in [0.15, 0.2) is 0 Å². The number of hydrogen-bond acceptors (Lipinski definition) is 2. The van der Waals surface area contributed by atoms with E-state index in [0.29, 0.717) is 0 Å². The van der Waals surface area contributed by atoms with E-state index in [9.17, 15) is 9.59 Å². The molecule has 0 unspecified atom stereocenters. The first-order valence-corrected chi connectivity index (χ1v) is 7.01. The number of carbonyl (C=O) groups is 2. The lowest BCUT2D eigenvalue weighted by atomic mass is 10.0. The van der Waals surface area contributed by atoms with Crippen LogP contribution in [-0.2, 0) is 9.59 Å². The number of carboxylic acid groups (broad SMARTS) is 1. The fourth-order valence-corrected chi connectivity index (χ4v) is 1.89. The highest BCUT2D eigenvalue weighted by Gasteiger charge is 2.20. The maximum atomic E-state index is 11.9. The molecule has 0 radical (unpaired) electrons. The molecule has 4 nitrogen and oxygen atoms in total. The molecule has 0 heterocycles. The first kappa shape index (κ1) is 15.7. The maximum absolute atomic E-state index is 11.9. The summed E-state index contributed by atoms with van der Waals surface area (Å²) < 4.78 is 0.915. The lowest BCUT2D eigenvalue weighted by molar-refractivity contribution is -0.137. The average Bonchev–Trinajstić information content (AvgIpc) is 2.37. The van der Waals surface area contributed by atoms with E-state index in [1.807, 2.05) is 38.1 Å². The molecule has 5 heteroatoms. The molecule has 0 aliphatic carbocycles. The minimum atomic E-state index is -0.933. The Morgan fingerprint density at radius 2 is 1.89 bits per heavy atom. The number of aliphatic carboxylic acids is 1. The van der Waals surface area contributed by atoms with Gasteiger partial charge in [-0.15, -0.1) is 0 Å². The maximum Gasteiger partial charge on any atom is 0.305 e. The number of nitrogens with one attached hydrogen (secondary N) is 1. The summed E-state index contributed by atoms with van der Waals surface area (Å²) in [6, 6.07) is 6.80. The summed E-state index contributed by atoms with van der Waals surface area (Å²) in [4.78, 5) is 22.8. The molecule has 0 fully saturated rings. The van der Waals surface area contributed by atoms with Crippen LogP contribution in [0.1, 0.15) is 38.3 Å². The summed E-state index contributed by atoms with van der Waals surface area (Å²) in [6.07, 6.45) is 0.607. The van der Waals surface area contributed by atoms with Gasteiger partial charge < -0.3 is 10.4 Å². The van der Waals surface area contributed by atoms with Crippen LogP contribution >= 0.6 is 15.9 Å². The Morgan fingerprint density at radius 1 is 1.32 bits per heavy atom. The largest absolute Gasteiger partial charge is 0.481 e. The molecule has 1 aromatic rings. The van der Waals surface area contributed by atoms with Crippen molar-refractivity contribution in [3.05, 3.63) is 34.3 Å². The highest BCUT2D eigenvalue weighted by atomic mass is 79.9. The van der Waals surface area contributed by atoms with Crippen LogP contribution in [0.5, 0.6) is 0 Å². The molecule has 2 atom stereocenters. The van der Waals surface area contributed by atoms with Gasteiger partial charge in [-0.1, -0.05) is 41.9 Å². The molecule has 0 saturated carbocycles. The van der Waals surface area contributed by atoms with E-state index in [-0.39, 0.29) is 18.2 Å². The zero-order valence-electron chi connectivity index (χ0n) is 11.0. The molecule has 0 bridgehead atoms. The Morgan fingerprint density at radius 3 is 2.37 bits per heavy atom. The molecule has 0 saturated heterocycles. The Labute approximate surface area is 121 Å². The standard InChI is InChI=1S/C14H18BrNO3/c1-3-9(2)14(19)16-12(8-13(17)18)10-4-6-11(15)7-5-10/h4-7,9,12H,3,8H2,1-2H3,(H,16,19)(H,17,18)/t9-,12-/m0/s1. The number of carboxylic acids is 1. The van der Waals surface area contributed by atoms with Crippen LogP contribution in [0, 0.1) is 5.92 Å². The molecular formula is C14H18BrNO3. The second-order valence-electron chi connectivity index (χ2n) is 4.52. The number of rotatable bonds is 6. The highest BCUT2D eigenvalue weighted by Crippen LogP contribution is 2.20. The van der Waals surface area contributed by atoms with E-state index in [0.717, 1.165) is 16.5 Å². The molecule has 0 spiro atoms. The lowest BCUT2D eigenvalue weighted by Gasteiger charge is -2.19. The van der Waals surface area contributed by atoms with Gasteiger partial charge in [-0.2, -0.15) is 0 Å². The van der Waals surface area contributed by atoms with E-state index in [1.54, 1.807) is 0 Å². The minimum Gasteiger partial charge on any atom is -0.481 e. The summed E-state index contributed by atoms with van der Waals surface area (Å²) in [5.74, 6) is -1.17. The van der Waals surface area contributed by atoms with Crippen molar-refractivity contribution in [3.63, 3.8) is 0 Å². The van der Waals surface area contributed by atoms with Crippen LogP contribution in [0.15, 0.2) is 28.7 Å². The molecule has 0 aromatic heterocycles. The first-order chi connectivity index (χ1) is 8.93. The monoisotopic (exact) mass is 327 g/mol. The summed E-state index contributed by atoms with van der Waals surface area (Å²) in [5.41, 5.74) is 0.794. The Hall–Kier alpha value is -1.36. The van der Waals surface area contributed by atoms with E-state index < -0.39 is 12.0 Å². The average molecular weight is 328 g/mol. The SMILES string of the molecule is CC[C@H](C)C(=O)N[C@@H](CC(=O)O)c1ccc(Br)cc1. The lowest BCUT2D eigenvalue weighted by Crippen LogP contribution is -2.33. The fourth-order valence-electron chi connectivity index (χ4n) is 1.62. The minimum absolute atomic E-state index is 0.114. The number of amides is 1. The third-order valence-corrected chi connectivity index (χ3v) is 3.56. The van der Waals surface area contributed by atoms with Crippen molar-refractivity contribution >= 4 is 27.8 Å². The van der Waals surface area contributed by atoms with Crippen molar-refractivity contribution in [2.45, 2.75) is 32.7 Å². The molecule has 2 N–H and O–H groups in total. The van der Waals surface area contributed by atoms with Gasteiger partial charge in [-0.05, 0) is 24.1 Å². The van der Waals surface area contributed by atoms with E-state index in [2.05, 4.69) is 21.2 Å². The van der Waals surface area contributed by atoms with E-state index >= 15 is 0 Å². The number of benzene rings is 1. The third kappa shape index (κ3) is 5.03. The molecular weight excluding hydrogens is 310 g/mol. The summed E-state index contributed by atoms with van der Waals surface area (Å²) in [6.45, 7) is 3.75. The third-order valence-electron chi connectivity index (χ3n) is 3.03. The summed E-state index contributed by atoms with van der Waals surface area (Å²) >= 11 is 3.33. The van der Waals surface area contributed by atoms with Gasteiger partial charge in [-0.3, -0.25) is 9.59 Å². The fraction of sp³-hybridized carbons (Fsp3) is 0.429. The van der Waals surface area contributed by atoms with E-state index in [4.69, 9.17) is 5.11 Å². The van der Waals surface area contributed by atoms with Crippen LogP contribution in [0.25, 0.3) is 0 Å². The predicted molar refractivity (Wildman–Crippen MR) is 76.7 cm³/mol. The molecule has 0 aliphatic rings. The van der Waals surface area contributed by atoms with Gasteiger partial charge in [0, 0.05) is 10.4 Å². The molecule has 1 amide bonds. The highest BCUT2D eigenvalue weighted by molar-refractivity contribution is 9.10. The predicted octanol–water partition coefficient (Wildman–Crippen LogP) is 3.13. The molecule has 1 aromatic carbocycles. The smallest absolute Gasteiger partial charge is 0.305 e. The second-order valence-corrected chi connectivity index (χ2v) is 5.44. The topological polar surface area (TPSA) is 66.4 Å². The summed E-state index contributed by atoms with van der Waals surface area (Å²) in [5, 5.41) is 11.7. The van der Waals surface area contributed by atoms with Crippen LogP contribution in [0.3, 0.4) is 0 Å². The van der Waals surface area contributed by atoms with Crippen LogP contribution in [-0.4, -0.2) is 17.0 Å². The van der Waals surface area contributed by atoms with Crippen molar-refractivity contribution in [2.24, 2.45) is 5.92 Å². The molecule has 104 valence electrons. The number of hydrogen-bond donors (Lipinski definition) is 2. The van der Waals surface area contributed by atoms with E-state index in [1.165, 1.54) is 0 Å². The van der Waals surface area contributed by atoms with Crippen molar-refractivity contribution in [2.75, 3.05) is 0 Å². The van der Waals surface area contributed by atoms with Gasteiger partial charge in [0.25, 0.3) is 0 Å². The number of halogens is 1. The first-order valence-electron chi connectivity index (χ1n) is 6.21. The van der Waals surface area contributed by atoms with Crippen LogP contribution < -0.4 is 5.32 Å². The van der Waals surface area contributed by atoms with Crippen LogP contribution in [0.4, 0.5) is 0 Å². The Bertz CT molecular complexity index is 445. The van der Waals surface area contributed by atoms with Gasteiger partial charge in [0.05, 0.1) is 12.5 Å². The Balaban J connectivity index is 2.85. The van der Waals surface area contributed by atoms with Gasteiger partial charge >= 0.3 is 5.97 Å². The van der Waals surface area contributed by atoms with Crippen LogP contribution in [0.2, 0.25) is 0 Å². The quantitative estimate of drug-likeness (QED) is 0.843. The van der Waals surface area contributed by atoms with Crippen molar-refractivity contribution in [1.82, 2.24) is 5.32 Å². The zero-order valence-corrected chi connectivity index (χ0v) is 12.6. The van der Waals surface area contributed by atoms with Crippen molar-refractivity contribution in [3.8, 4) is 0 Å². The molecule has 0 aliphatic heterocycles. The van der Waals surface area contributed by atoms with Gasteiger partial charge in [0.1, 0.15) is 0 Å². The van der Waals surface area contributed by atoms with Crippen molar-refractivity contribution in [1.29, 1.82) is 0 Å². The normalized spacial score (nSPS) is 13.6. The van der Waals surface area contributed by atoms with Gasteiger partial charge in [-0.25, -0.2) is 0 Å². The summed E-state index contributed by atoms with van der Waals surface area (Å²) in [7, 11) is 0. The van der Waals surface area contributed by atoms with Crippen molar-refractivity contribution < 1.29 is 14.7 Å². The molecule has 19 heavy (non-hydrogen) atoms. The number of carbonyl (C=O) groups excluding carboxylic acids is 1. The zero-order chi connectivity index (χ0) is 14.4. The Kier molecular flexibility index (Phi) is 6.02.